The molecular weight excluding hydrogens is 330 g/mol. The molecule has 2 bridgehead atoms. The molecule has 6 nitrogen and oxygen atoms in total. The highest BCUT2D eigenvalue weighted by Crippen LogP contribution is 2.32. The van der Waals surface area contributed by atoms with Gasteiger partial charge in [0.15, 0.2) is 0 Å². The van der Waals surface area contributed by atoms with Crippen LogP contribution >= 0.6 is 11.6 Å². The molecule has 2 unspecified atom stereocenters. The lowest BCUT2D eigenvalue weighted by Gasteiger charge is -2.29. The second kappa shape index (κ2) is 6.99. The maximum atomic E-state index is 12.7. The molecule has 1 aromatic carbocycles. The molecule has 130 valence electrons. The SMILES string of the molecule is COc1cc(NC(C)=O)c(Cl)cc1C(=O)NC1CC2CCC(C1)N2. The summed E-state index contributed by atoms with van der Waals surface area (Å²) >= 11 is 6.19. The smallest absolute Gasteiger partial charge is 0.255 e. The summed E-state index contributed by atoms with van der Waals surface area (Å²) in [6.07, 6.45) is 4.25. The number of hydrogen-bond donors (Lipinski definition) is 3. The number of carbonyl (C=O) groups is 2. The van der Waals surface area contributed by atoms with Gasteiger partial charge in [-0.2, -0.15) is 0 Å². The molecule has 2 heterocycles. The number of piperidine rings is 1. The second-order valence-corrected chi connectivity index (χ2v) is 6.90. The fraction of sp³-hybridized carbons (Fsp3) is 0.529. The zero-order valence-electron chi connectivity index (χ0n) is 13.8. The monoisotopic (exact) mass is 351 g/mol. The first-order valence-electron chi connectivity index (χ1n) is 8.18. The number of benzene rings is 1. The van der Waals surface area contributed by atoms with Crippen molar-refractivity contribution in [2.24, 2.45) is 0 Å². The van der Waals surface area contributed by atoms with E-state index in [1.165, 1.54) is 32.9 Å². The van der Waals surface area contributed by atoms with Crippen molar-refractivity contribution in [2.75, 3.05) is 12.4 Å². The summed E-state index contributed by atoms with van der Waals surface area (Å²) in [5.41, 5.74) is 0.806. The van der Waals surface area contributed by atoms with Crippen LogP contribution in [0.4, 0.5) is 5.69 Å². The standard InChI is InChI=1S/C17H22ClN3O3/c1-9(22)19-15-8-16(24-2)13(7-14(15)18)17(23)21-12-5-10-3-4-11(6-12)20-10/h7-8,10-12,20H,3-6H2,1-2H3,(H,19,22)(H,21,23). The Balaban J connectivity index is 1.76. The third-order valence-electron chi connectivity index (χ3n) is 4.65. The molecule has 1 aromatic rings. The van der Waals surface area contributed by atoms with Crippen molar-refractivity contribution < 1.29 is 14.3 Å². The lowest BCUT2D eigenvalue weighted by atomic mass is 9.99. The molecule has 2 saturated heterocycles. The van der Waals surface area contributed by atoms with E-state index in [-0.39, 0.29) is 17.9 Å². The average molecular weight is 352 g/mol. The second-order valence-electron chi connectivity index (χ2n) is 6.49. The van der Waals surface area contributed by atoms with Crippen LogP contribution < -0.4 is 20.7 Å². The van der Waals surface area contributed by atoms with Crippen LogP contribution in [0.2, 0.25) is 5.02 Å². The molecule has 2 fully saturated rings. The number of halogens is 1. The normalized spacial score (nSPS) is 25.2. The molecule has 0 aliphatic carbocycles. The van der Waals surface area contributed by atoms with Crippen molar-refractivity contribution >= 4 is 29.1 Å². The van der Waals surface area contributed by atoms with Gasteiger partial charge in [0.25, 0.3) is 5.91 Å². The Labute approximate surface area is 146 Å². The Morgan fingerprint density at radius 3 is 2.50 bits per heavy atom. The maximum Gasteiger partial charge on any atom is 0.255 e. The largest absolute Gasteiger partial charge is 0.496 e. The van der Waals surface area contributed by atoms with Crippen molar-refractivity contribution in [2.45, 2.75) is 50.7 Å². The van der Waals surface area contributed by atoms with Crippen molar-refractivity contribution in [3.8, 4) is 5.75 Å². The van der Waals surface area contributed by atoms with E-state index in [1.54, 1.807) is 6.07 Å². The first kappa shape index (κ1) is 17.0. The van der Waals surface area contributed by atoms with Crippen molar-refractivity contribution in [1.82, 2.24) is 10.6 Å². The van der Waals surface area contributed by atoms with Gasteiger partial charge in [-0.3, -0.25) is 9.59 Å². The Morgan fingerprint density at radius 2 is 1.92 bits per heavy atom. The third kappa shape index (κ3) is 3.65. The predicted octanol–water partition coefficient (Wildman–Crippen LogP) is 2.32. The molecule has 0 saturated carbocycles. The zero-order chi connectivity index (χ0) is 17.3. The number of nitrogens with one attached hydrogen (secondary N) is 3. The highest BCUT2D eigenvalue weighted by atomic mass is 35.5. The summed E-state index contributed by atoms with van der Waals surface area (Å²) in [7, 11) is 1.49. The van der Waals surface area contributed by atoms with Crippen LogP contribution in [0.15, 0.2) is 12.1 Å². The van der Waals surface area contributed by atoms with E-state index in [2.05, 4.69) is 16.0 Å². The number of amides is 2. The van der Waals surface area contributed by atoms with Gasteiger partial charge >= 0.3 is 0 Å². The van der Waals surface area contributed by atoms with Crippen LogP contribution in [0.25, 0.3) is 0 Å². The Bertz CT molecular complexity index is 653. The fourth-order valence-electron chi connectivity index (χ4n) is 3.62. The number of rotatable bonds is 4. The van der Waals surface area contributed by atoms with Crippen LogP contribution in [0.3, 0.4) is 0 Å². The van der Waals surface area contributed by atoms with E-state index in [0.717, 1.165) is 12.8 Å². The topological polar surface area (TPSA) is 79.5 Å². The quantitative estimate of drug-likeness (QED) is 0.777. The Morgan fingerprint density at radius 1 is 1.25 bits per heavy atom. The lowest BCUT2D eigenvalue weighted by molar-refractivity contribution is -0.114. The number of ether oxygens (including phenoxy) is 1. The van der Waals surface area contributed by atoms with Crippen LogP contribution in [0.5, 0.6) is 5.75 Å². The lowest BCUT2D eigenvalue weighted by Crippen LogP contribution is -2.48. The predicted molar refractivity (Wildman–Crippen MR) is 92.7 cm³/mol. The molecule has 0 aromatic heterocycles. The highest BCUT2D eigenvalue weighted by molar-refractivity contribution is 6.34. The van der Waals surface area contributed by atoms with Gasteiger partial charge in [-0.25, -0.2) is 0 Å². The first-order valence-corrected chi connectivity index (χ1v) is 8.56. The zero-order valence-corrected chi connectivity index (χ0v) is 14.6. The molecule has 2 atom stereocenters. The molecule has 7 heteroatoms. The molecular formula is C17H22ClN3O3. The summed E-state index contributed by atoms with van der Waals surface area (Å²) in [5, 5.41) is 9.58. The molecule has 0 radical (unpaired) electrons. The summed E-state index contributed by atoms with van der Waals surface area (Å²) in [5.74, 6) is -0.0479. The van der Waals surface area contributed by atoms with Gasteiger partial charge in [0.05, 0.1) is 23.4 Å². The van der Waals surface area contributed by atoms with E-state index < -0.39 is 0 Å². The van der Waals surface area contributed by atoms with Gasteiger partial charge in [0.1, 0.15) is 5.75 Å². The highest BCUT2D eigenvalue weighted by Gasteiger charge is 2.34. The van der Waals surface area contributed by atoms with Crippen molar-refractivity contribution in [3.63, 3.8) is 0 Å². The van der Waals surface area contributed by atoms with E-state index in [0.29, 0.717) is 34.1 Å². The van der Waals surface area contributed by atoms with Gasteiger partial charge in [-0.1, -0.05) is 11.6 Å². The Hall–Kier alpha value is -1.79. The van der Waals surface area contributed by atoms with Crippen LogP contribution in [-0.2, 0) is 4.79 Å². The van der Waals surface area contributed by atoms with Gasteiger partial charge < -0.3 is 20.7 Å². The number of methoxy groups -OCH3 is 1. The minimum Gasteiger partial charge on any atom is -0.496 e. The molecule has 24 heavy (non-hydrogen) atoms. The van der Waals surface area contributed by atoms with Crippen LogP contribution in [-0.4, -0.2) is 37.0 Å². The molecule has 0 spiro atoms. The summed E-state index contributed by atoms with van der Waals surface area (Å²) < 4.78 is 5.30. The van der Waals surface area contributed by atoms with Gasteiger partial charge in [0, 0.05) is 31.1 Å². The molecule has 2 aliphatic rings. The first-order chi connectivity index (χ1) is 11.5. The summed E-state index contributed by atoms with van der Waals surface area (Å²) in [4.78, 5) is 23.9. The number of hydrogen-bond acceptors (Lipinski definition) is 4. The van der Waals surface area contributed by atoms with Crippen molar-refractivity contribution in [1.29, 1.82) is 0 Å². The van der Waals surface area contributed by atoms with E-state index in [1.807, 2.05) is 0 Å². The maximum absolute atomic E-state index is 12.7. The number of anilines is 1. The average Bonchev–Trinajstić information content (AvgIpc) is 2.87. The minimum absolute atomic E-state index is 0.162. The molecule has 3 rings (SSSR count). The fourth-order valence-corrected chi connectivity index (χ4v) is 3.83. The molecule has 2 aliphatic heterocycles. The van der Waals surface area contributed by atoms with Gasteiger partial charge in [0.2, 0.25) is 5.91 Å². The summed E-state index contributed by atoms with van der Waals surface area (Å²) in [6.45, 7) is 1.40. The molecule has 2 amide bonds. The number of fused-ring (bicyclic) bond motifs is 2. The molecule has 3 N–H and O–H groups in total. The van der Waals surface area contributed by atoms with Crippen LogP contribution in [0, 0.1) is 0 Å². The van der Waals surface area contributed by atoms with E-state index in [4.69, 9.17) is 16.3 Å². The van der Waals surface area contributed by atoms with Crippen LogP contribution in [0.1, 0.15) is 43.0 Å². The van der Waals surface area contributed by atoms with Gasteiger partial charge in [-0.15, -0.1) is 0 Å². The third-order valence-corrected chi connectivity index (χ3v) is 4.97. The van der Waals surface area contributed by atoms with E-state index >= 15 is 0 Å². The number of carbonyl (C=O) groups excluding carboxylic acids is 2. The van der Waals surface area contributed by atoms with Gasteiger partial charge in [-0.05, 0) is 31.7 Å². The minimum atomic E-state index is -0.235. The van der Waals surface area contributed by atoms with E-state index in [9.17, 15) is 9.59 Å². The summed E-state index contributed by atoms with van der Waals surface area (Å²) in [6, 6.07) is 4.28. The van der Waals surface area contributed by atoms with Crippen molar-refractivity contribution in [3.05, 3.63) is 22.7 Å². The Kier molecular flexibility index (Phi) is 4.96.